The summed E-state index contributed by atoms with van der Waals surface area (Å²) in [7, 11) is 1.54. The number of amides is 2. The van der Waals surface area contributed by atoms with E-state index in [1.54, 1.807) is 62.6 Å². The molecule has 0 unspecified atom stereocenters. The van der Waals surface area contributed by atoms with Crippen LogP contribution in [-0.4, -0.2) is 48.3 Å². The molecular weight excluding hydrogens is 504 g/mol. The molecule has 3 heterocycles. The Balaban J connectivity index is 1.48. The van der Waals surface area contributed by atoms with Gasteiger partial charge in [-0.25, -0.2) is 9.69 Å². The number of fused-ring (bicyclic) bond motifs is 2. The zero-order valence-corrected chi connectivity index (χ0v) is 21.0. The number of ether oxygens (including phenoxy) is 3. The predicted molar refractivity (Wildman–Crippen MR) is 134 cm³/mol. The van der Waals surface area contributed by atoms with Gasteiger partial charge in [0, 0.05) is 10.8 Å². The second-order valence-electron chi connectivity index (χ2n) is 8.12. The molecule has 186 valence electrons. The molecule has 2 aromatic carbocycles. The quantitative estimate of drug-likeness (QED) is 0.369. The maximum absolute atomic E-state index is 13.7. The largest absolute Gasteiger partial charge is 0.497 e. The second kappa shape index (κ2) is 9.82. The fourth-order valence-electron chi connectivity index (χ4n) is 4.48. The van der Waals surface area contributed by atoms with Gasteiger partial charge in [0.15, 0.2) is 6.61 Å². The lowest BCUT2D eigenvalue weighted by Crippen LogP contribution is -2.32. The van der Waals surface area contributed by atoms with Crippen molar-refractivity contribution in [2.45, 2.75) is 23.1 Å². The van der Waals surface area contributed by atoms with Gasteiger partial charge in [0.1, 0.15) is 16.7 Å². The normalized spacial score (nSPS) is 20.6. The first-order valence-electron chi connectivity index (χ1n) is 11.2. The summed E-state index contributed by atoms with van der Waals surface area (Å²) < 4.78 is 15.5. The van der Waals surface area contributed by atoms with Crippen molar-refractivity contribution in [2.24, 2.45) is 5.92 Å². The fraction of sp³-hybridized carbons (Fsp3) is 0.280. The smallest absolute Gasteiger partial charge is 0.344 e. The van der Waals surface area contributed by atoms with E-state index in [2.05, 4.69) is 4.98 Å². The van der Waals surface area contributed by atoms with Gasteiger partial charge in [-0.2, -0.15) is 0 Å². The standard InChI is InChI=1S/C25H22N2O7S2/c1-3-33-17(28)12-34-16-8-4-13(5-9-16)18-19-21(35-22-20(18)36-25(31)26-22)24(30)27(23(19)29)14-6-10-15(32-2)11-7-14/h4-11,18-19,21H,3,12H2,1-2H3,(H,26,31)/t18-,19-,21+/m0/s1. The average molecular weight is 527 g/mol. The minimum atomic E-state index is -0.685. The number of anilines is 1. The summed E-state index contributed by atoms with van der Waals surface area (Å²) >= 11 is 2.27. The van der Waals surface area contributed by atoms with Crippen LogP contribution in [0.15, 0.2) is 58.4 Å². The monoisotopic (exact) mass is 526 g/mol. The topological polar surface area (TPSA) is 115 Å². The molecule has 0 spiro atoms. The van der Waals surface area contributed by atoms with Gasteiger partial charge in [-0.3, -0.25) is 14.4 Å². The van der Waals surface area contributed by atoms with Crippen molar-refractivity contribution in [3.8, 4) is 11.5 Å². The van der Waals surface area contributed by atoms with Crippen molar-refractivity contribution in [3.05, 3.63) is 68.6 Å². The zero-order chi connectivity index (χ0) is 25.4. The number of aromatic amines is 1. The van der Waals surface area contributed by atoms with Gasteiger partial charge in [0.25, 0.3) is 0 Å². The summed E-state index contributed by atoms with van der Waals surface area (Å²) in [6, 6.07) is 13.7. The fourth-order valence-corrected chi connectivity index (χ4v) is 6.99. The van der Waals surface area contributed by atoms with E-state index in [1.165, 1.54) is 16.7 Å². The number of nitrogens with zero attached hydrogens (tertiary/aromatic N) is 1. The van der Waals surface area contributed by atoms with Gasteiger partial charge in [0.05, 0.1) is 30.3 Å². The lowest BCUT2D eigenvalue weighted by Gasteiger charge is -2.29. The SMILES string of the molecule is CCOC(=O)COc1ccc([C@@H]2c3sc(=O)[nH]c3S[C@H]3C(=O)N(c4ccc(OC)cc4)C(=O)[C@@H]23)cc1. The molecule has 2 aliphatic heterocycles. The Kier molecular flexibility index (Phi) is 6.59. The Morgan fingerprint density at radius 2 is 1.69 bits per heavy atom. The molecule has 0 radical (unpaired) electrons. The number of carbonyl (C=O) groups is 3. The van der Waals surface area contributed by atoms with Gasteiger partial charge in [-0.15, -0.1) is 0 Å². The minimum absolute atomic E-state index is 0.217. The van der Waals surface area contributed by atoms with Gasteiger partial charge in [-0.1, -0.05) is 35.2 Å². The highest BCUT2D eigenvalue weighted by atomic mass is 32.2. The van der Waals surface area contributed by atoms with Crippen LogP contribution < -0.4 is 19.2 Å². The number of methoxy groups -OCH3 is 1. The number of thioether (sulfide) groups is 1. The Bertz CT molecular complexity index is 1360. The maximum Gasteiger partial charge on any atom is 0.344 e. The van der Waals surface area contributed by atoms with Crippen LogP contribution >= 0.6 is 23.1 Å². The number of hydrogen-bond acceptors (Lipinski definition) is 9. The number of nitrogens with one attached hydrogen (secondary N) is 1. The molecule has 1 aromatic heterocycles. The number of hydrogen-bond donors (Lipinski definition) is 1. The average Bonchev–Trinajstić information content (AvgIpc) is 3.37. The summed E-state index contributed by atoms with van der Waals surface area (Å²) in [4.78, 5) is 55.5. The number of aromatic nitrogens is 1. The van der Waals surface area contributed by atoms with Gasteiger partial charge >= 0.3 is 10.8 Å². The van der Waals surface area contributed by atoms with Crippen LogP contribution in [0.5, 0.6) is 11.5 Å². The number of thiazole rings is 1. The highest BCUT2D eigenvalue weighted by molar-refractivity contribution is 8.00. The lowest BCUT2D eigenvalue weighted by atomic mass is 9.83. The summed E-state index contributed by atoms with van der Waals surface area (Å²) in [5.41, 5.74) is 1.24. The van der Waals surface area contributed by atoms with Crippen molar-refractivity contribution in [2.75, 3.05) is 25.2 Å². The first kappa shape index (κ1) is 24.1. The van der Waals surface area contributed by atoms with E-state index in [4.69, 9.17) is 14.2 Å². The molecule has 3 atom stereocenters. The first-order valence-corrected chi connectivity index (χ1v) is 12.9. The van der Waals surface area contributed by atoms with Gasteiger partial charge in [0.2, 0.25) is 11.8 Å². The molecule has 1 N–H and O–H groups in total. The predicted octanol–water partition coefficient (Wildman–Crippen LogP) is 3.18. The third kappa shape index (κ3) is 4.28. The molecule has 0 saturated carbocycles. The van der Waals surface area contributed by atoms with Gasteiger partial charge < -0.3 is 19.2 Å². The van der Waals surface area contributed by atoms with Crippen LogP contribution in [0.25, 0.3) is 0 Å². The van der Waals surface area contributed by atoms with Crippen molar-refractivity contribution in [1.82, 2.24) is 4.98 Å². The van der Waals surface area contributed by atoms with Crippen LogP contribution in [0, 0.1) is 5.92 Å². The molecule has 3 aromatic rings. The highest BCUT2D eigenvalue weighted by Gasteiger charge is 2.56. The van der Waals surface area contributed by atoms with Gasteiger partial charge in [-0.05, 0) is 48.9 Å². The van der Waals surface area contributed by atoms with Crippen LogP contribution in [0.2, 0.25) is 0 Å². The van der Waals surface area contributed by atoms with E-state index in [9.17, 15) is 19.2 Å². The molecule has 0 aliphatic carbocycles. The van der Waals surface area contributed by atoms with Crippen molar-refractivity contribution in [3.63, 3.8) is 0 Å². The molecule has 0 bridgehead atoms. The van der Waals surface area contributed by atoms with E-state index in [-0.39, 0.29) is 29.9 Å². The van der Waals surface area contributed by atoms with E-state index < -0.39 is 23.1 Å². The first-order chi connectivity index (χ1) is 17.4. The number of rotatable bonds is 7. The molecule has 2 amide bonds. The molecule has 36 heavy (non-hydrogen) atoms. The van der Waals surface area contributed by atoms with E-state index in [1.807, 2.05) is 0 Å². The molecule has 2 aliphatic rings. The highest BCUT2D eigenvalue weighted by Crippen LogP contribution is 2.53. The number of H-pyrrole nitrogens is 1. The van der Waals surface area contributed by atoms with E-state index >= 15 is 0 Å². The minimum Gasteiger partial charge on any atom is -0.497 e. The summed E-state index contributed by atoms with van der Waals surface area (Å²) in [5, 5.41) is -0.0706. The van der Waals surface area contributed by atoms with Crippen LogP contribution in [0.4, 0.5) is 5.69 Å². The molecular formula is C25H22N2O7S2. The van der Waals surface area contributed by atoms with E-state index in [0.717, 1.165) is 21.8 Å². The molecule has 11 heteroatoms. The number of carbonyl (C=O) groups excluding carboxylic acids is 3. The maximum atomic E-state index is 13.7. The van der Waals surface area contributed by atoms with Crippen molar-refractivity contribution < 1.29 is 28.6 Å². The van der Waals surface area contributed by atoms with Crippen LogP contribution in [-0.2, 0) is 19.1 Å². The summed E-state index contributed by atoms with van der Waals surface area (Å²) in [6.45, 7) is 1.77. The van der Waals surface area contributed by atoms with Crippen LogP contribution in [0.3, 0.4) is 0 Å². The van der Waals surface area contributed by atoms with Crippen molar-refractivity contribution in [1.29, 1.82) is 0 Å². The summed E-state index contributed by atoms with van der Waals surface area (Å²) in [5.74, 6) is -1.20. The molecule has 9 nitrogen and oxygen atoms in total. The third-order valence-corrected chi connectivity index (χ3v) is 8.46. The summed E-state index contributed by atoms with van der Waals surface area (Å²) in [6.07, 6.45) is 0. The Hall–Kier alpha value is -3.57. The zero-order valence-electron chi connectivity index (χ0n) is 19.4. The number of benzene rings is 2. The Morgan fingerprint density at radius 3 is 2.36 bits per heavy atom. The lowest BCUT2D eigenvalue weighted by molar-refractivity contribution is -0.145. The Labute approximate surface area is 214 Å². The number of imide groups is 1. The molecule has 1 fully saturated rings. The number of esters is 1. The second-order valence-corrected chi connectivity index (χ2v) is 10.3. The molecule has 1 saturated heterocycles. The van der Waals surface area contributed by atoms with E-state index in [0.29, 0.717) is 22.2 Å². The molecule has 5 rings (SSSR count). The van der Waals surface area contributed by atoms with Crippen molar-refractivity contribution >= 4 is 46.6 Å². The third-order valence-electron chi connectivity index (χ3n) is 6.06. The van der Waals surface area contributed by atoms with Crippen LogP contribution in [0.1, 0.15) is 23.3 Å². The Morgan fingerprint density at radius 1 is 1.00 bits per heavy atom.